The highest BCUT2D eigenvalue weighted by molar-refractivity contribution is 6.21. The zero-order chi connectivity index (χ0) is 42.4. The SMILES string of the molecule is c1ccc(-c2ccc(N(c3cccc(-c4cccc5ccccc45)c3)c3ccc(-c4ccccc4-n4c5ccccc5c5c6ccccc6ccc54)cc3-c3ccccc3)cc2)cc1. The lowest BCUT2D eigenvalue weighted by molar-refractivity contribution is 1.18. The molecule has 0 bridgehead atoms. The van der Waals surface area contributed by atoms with E-state index in [0.29, 0.717) is 0 Å². The van der Waals surface area contributed by atoms with Crippen molar-refractivity contribution in [2.45, 2.75) is 0 Å². The molecule has 2 nitrogen and oxygen atoms in total. The normalized spacial score (nSPS) is 11.4. The van der Waals surface area contributed by atoms with Crippen LogP contribution in [-0.4, -0.2) is 4.57 Å². The summed E-state index contributed by atoms with van der Waals surface area (Å²) in [5, 5.41) is 7.52. The van der Waals surface area contributed by atoms with Crippen molar-refractivity contribution in [2.24, 2.45) is 0 Å². The van der Waals surface area contributed by atoms with E-state index >= 15 is 0 Å². The number of rotatable bonds is 8. The fourth-order valence-corrected chi connectivity index (χ4v) is 9.81. The summed E-state index contributed by atoms with van der Waals surface area (Å²) in [5.74, 6) is 0. The first-order valence-electron chi connectivity index (χ1n) is 22.0. The van der Waals surface area contributed by atoms with Gasteiger partial charge in [-0.25, -0.2) is 0 Å². The van der Waals surface area contributed by atoms with Crippen molar-refractivity contribution >= 4 is 60.4 Å². The van der Waals surface area contributed by atoms with Gasteiger partial charge < -0.3 is 9.47 Å². The predicted molar refractivity (Wildman–Crippen MR) is 272 cm³/mol. The van der Waals surface area contributed by atoms with Crippen LogP contribution in [-0.2, 0) is 0 Å². The van der Waals surface area contributed by atoms with E-state index in [0.717, 1.165) is 39.4 Å². The lowest BCUT2D eigenvalue weighted by atomic mass is 9.94. The fourth-order valence-electron chi connectivity index (χ4n) is 9.81. The highest BCUT2D eigenvalue weighted by Gasteiger charge is 2.22. The minimum absolute atomic E-state index is 1.08. The summed E-state index contributed by atoms with van der Waals surface area (Å²) in [4.78, 5) is 2.43. The summed E-state index contributed by atoms with van der Waals surface area (Å²) in [7, 11) is 0. The Labute approximate surface area is 373 Å². The van der Waals surface area contributed by atoms with Crippen molar-refractivity contribution in [3.63, 3.8) is 0 Å². The number of hydrogen-bond donors (Lipinski definition) is 0. The maximum atomic E-state index is 2.46. The highest BCUT2D eigenvalue weighted by atomic mass is 15.1. The van der Waals surface area contributed by atoms with Crippen LogP contribution in [0.25, 0.3) is 93.5 Å². The fraction of sp³-hybridized carbons (Fsp3) is 0. The molecule has 0 N–H and O–H groups in total. The number of benzene rings is 11. The summed E-state index contributed by atoms with van der Waals surface area (Å²) >= 11 is 0. The molecule has 0 aliphatic rings. The van der Waals surface area contributed by atoms with E-state index in [9.17, 15) is 0 Å². The maximum Gasteiger partial charge on any atom is 0.0547 e. The van der Waals surface area contributed by atoms with Gasteiger partial charge in [-0.15, -0.1) is 0 Å². The summed E-state index contributed by atoms with van der Waals surface area (Å²) in [6.07, 6.45) is 0. The minimum atomic E-state index is 1.08. The quantitative estimate of drug-likeness (QED) is 0.148. The molecular formula is C62H42N2. The van der Waals surface area contributed by atoms with Gasteiger partial charge in [-0.2, -0.15) is 0 Å². The lowest BCUT2D eigenvalue weighted by Crippen LogP contribution is -2.11. The molecule has 0 amide bonds. The van der Waals surface area contributed by atoms with E-state index in [-0.39, 0.29) is 0 Å². The molecule has 0 aliphatic carbocycles. The van der Waals surface area contributed by atoms with E-state index in [1.54, 1.807) is 0 Å². The van der Waals surface area contributed by atoms with Gasteiger partial charge in [-0.3, -0.25) is 0 Å². The second-order valence-electron chi connectivity index (χ2n) is 16.5. The molecule has 0 fully saturated rings. The van der Waals surface area contributed by atoms with E-state index in [1.807, 2.05) is 0 Å². The first-order valence-corrected chi connectivity index (χ1v) is 22.0. The molecule has 0 radical (unpaired) electrons. The molecule has 0 spiro atoms. The van der Waals surface area contributed by atoms with Crippen molar-refractivity contribution in [2.75, 3.05) is 4.90 Å². The predicted octanol–water partition coefficient (Wildman–Crippen LogP) is 17.2. The lowest BCUT2D eigenvalue weighted by Gasteiger charge is -2.29. The van der Waals surface area contributed by atoms with Crippen LogP contribution in [0, 0.1) is 0 Å². The van der Waals surface area contributed by atoms with Crippen molar-refractivity contribution < 1.29 is 0 Å². The largest absolute Gasteiger partial charge is 0.310 e. The van der Waals surface area contributed by atoms with Crippen LogP contribution in [0.4, 0.5) is 17.1 Å². The molecule has 0 aliphatic heterocycles. The Morgan fingerprint density at radius 2 is 0.844 bits per heavy atom. The van der Waals surface area contributed by atoms with Gasteiger partial charge in [0.25, 0.3) is 0 Å². The van der Waals surface area contributed by atoms with Crippen LogP contribution in [0.3, 0.4) is 0 Å². The molecule has 0 saturated heterocycles. The molecule has 0 saturated carbocycles. The highest BCUT2D eigenvalue weighted by Crippen LogP contribution is 2.46. The molecule has 1 heterocycles. The number of aromatic nitrogens is 1. The Bertz CT molecular complexity index is 3650. The molecule has 2 heteroatoms. The Balaban J connectivity index is 1.07. The third-order valence-corrected chi connectivity index (χ3v) is 12.8. The van der Waals surface area contributed by atoms with Crippen molar-refractivity contribution in [1.82, 2.24) is 4.57 Å². The van der Waals surface area contributed by atoms with Gasteiger partial charge in [0.2, 0.25) is 0 Å². The second-order valence-corrected chi connectivity index (χ2v) is 16.5. The third kappa shape index (κ3) is 6.44. The summed E-state index contributed by atoms with van der Waals surface area (Å²) in [6, 6.07) is 92.8. The van der Waals surface area contributed by atoms with E-state index in [1.165, 1.54) is 71.2 Å². The average Bonchev–Trinajstić information content (AvgIpc) is 3.72. The van der Waals surface area contributed by atoms with Gasteiger partial charge in [0.1, 0.15) is 0 Å². The Hall–Kier alpha value is -8.46. The van der Waals surface area contributed by atoms with Gasteiger partial charge in [0, 0.05) is 33.3 Å². The Kier molecular flexibility index (Phi) is 9.20. The zero-order valence-electron chi connectivity index (χ0n) is 35.1. The molecule has 0 atom stereocenters. The number of hydrogen-bond acceptors (Lipinski definition) is 1. The maximum absolute atomic E-state index is 2.46. The van der Waals surface area contributed by atoms with Gasteiger partial charge >= 0.3 is 0 Å². The van der Waals surface area contributed by atoms with Gasteiger partial charge in [0.15, 0.2) is 0 Å². The first-order chi connectivity index (χ1) is 31.8. The molecule has 12 rings (SSSR count). The second kappa shape index (κ2) is 15.8. The molecule has 0 unspecified atom stereocenters. The minimum Gasteiger partial charge on any atom is -0.310 e. The Morgan fingerprint density at radius 3 is 1.66 bits per heavy atom. The van der Waals surface area contributed by atoms with Crippen LogP contribution in [0.2, 0.25) is 0 Å². The summed E-state index contributed by atoms with van der Waals surface area (Å²) in [5.41, 5.74) is 16.2. The molecule has 12 aromatic rings. The average molecular weight is 815 g/mol. The first kappa shape index (κ1) is 37.3. The van der Waals surface area contributed by atoms with Crippen molar-refractivity contribution in [1.29, 1.82) is 0 Å². The zero-order valence-corrected chi connectivity index (χ0v) is 35.1. The van der Waals surface area contributed by atoms with Crippen LogP contribution >= 0.6 is 0 Å². The molecule has 64 heavy (non-hydrogen) atoms. The van der Waals surface area contributed by atoms with Crippen LogP contribution in [0.15, 0.2) is 255 Å². The number of para-hydroxylation sites is 2. The standard InChI is InChI=1S/C62H42N2/c1-3-17-43(18-4-1)44-33-37-50(38-34-44)63(51-25-15-24-48(41-51)53-30-16-23-45-21-7-9-26-52(45)53)60-39-36-49(42-57(60)46-19-5-2-6-20-46)54-27-11-13-31-58(54)64-59-32-14-12-29-56(59)62-55-28-10-8-22-47(55)35-40-61(62)64/h1-42H. The monoisotopic (exact) mass is 814 g/mol. The van der Waals surface area contributed by atoms with Gasteiger partial charge in [0.05, 0.1) is 22.4 Å². The van der Waals surface area contributed by atoms with E-state index < -0.39 is 0 Å². The third-order valence-electron chi connectivity index (χ3n) is 12.8. The molecule has 300 valence electrons. The molecule has 11 aromatic carbocycles. The topological polar surface area (TPSA) is 8.17 Å². The Morgan fingerprint density at radius 1 is 0.281 bits per heavy atom. The van der Waals surface area contributed by atoms with Gasteiger partial charge in [-0.05, 0) is 110 Å². The molecular weight excluding hydrogens is 773 g/mol. The smallest absolute Gasteiger partial charge is 0.0547 e. The van der Waals surface area contributed by atoms with Gasteiger partial charge in [-0.1, -0.05) is 200 Å². The van der Waals surface area contributed by atoms with Crippen molar-refractivity contribution in [3.05, 3.63) is 255 Å². The van der Waals surface area contributed by atoms with Crippen LogP contribution in [0.5, 0.6) is 0 Å². The summed E-state index contributed by atoms with van der Waals surface area (Å²) in [6.45, 7) is 0. The van der Waals surface area contributed by atoms with E-state index in [4.69, 9.17) is 0 Å². The van der Waals surface area contributed by atoms with E-state index in [2.05, 4.69) is 264 Å². The number of anilines is 3. The number of nitrogens with zero attached hydrogens (tertiary/aromatic N) is 2. The number of fused-ring (bicyclic) bond motifs is 6. The summed E-state index contributed by atoms with van der Waals surface area (Å²) < 4.78 is 2.46. The van der Waals surface area contributed by atoms with Crippen molar-refractivity contribution in [3.8, 4) is 50.2 Å². The van der Waals surface area contributed by atoms with Crippen LogP contribution < -0.4 is 4.90 Å². The molecule has 1 aromatic heterocycles. The van der Waals surface area contributed by atoms with Crippen LogP contribution in [0.1, 0.15) is 0 Å².